The Hall–Kier alpha value is -1.14. The lowest BCUT2D eigenvalue weighted by atomic mass is 10.1. The molecule has 5 nitrogen and oxygen atoms in total. The monoisotopic (exact) mass is 339 g/mol. The standard InChI is InChI=1S/C14H22BrN5/c1-5-6-16-11(12-8-19(3)9-17-12)7-13-14(15)10(2)18-20(13)4/h8-9,11,16H,5-7H2,1-4H3. The molecule has 0 aromatic carbocycles. The number of nitrogens with one attached hydrogen (secondary N) is 1. The molecule has 0 saturated carbocycles. The first-order chi connectivity index (χ1) is 9.52. The third-order valence-corrected chi connectivity index (χ3v) is 4.41. The van der Waals surface area contributed by atoms with Gasteiger partial charge in [-0.15, -0.1) is 0 Å². The predicted molar refractivity (Wildman–Crippen MR) is 83.6 cm³/mol. The second-order valence-electron chi connectivity index (χ2n) is 5.14. The number of imidazole rings is 1. The molecule has 0 aliphatic carbocycles. The highest BCUT2D eigenvalue weighted by Gasteiger charge is 2.19. The molecule has 0 fully saturated rings. The van der Waals surface area contributed by atoms with Gasteiger partial charge in [-0.3, -0.25) is 4.68 Å². The summed E-state index contributed by atoms with van der Waals surface area (Å²) in [6.07, 6.45) is 5.90. The van der Waals surface area contributed by atoms with Crippen molar-refractivity contribution in [2.75, 3.05) is 6.54 Å². The van der Waals surface area contributed by atoms with Gasteiger partial charge >= 0.3 is 0 Å². The van der Waals surface area contributed by atoms with Crippen LogP contribution in [0.15, 0.2) is 17.0 Å². The molecule has 0 bridgehead atoms. The van der Waals surface area contributed by atoms with Gasteiger partial charge in [0.1, 0.15) is 0 Å². The molecule has 0 spiro atoms. The summed E-state index contributed by atoms with van der Waals surface area (Å²) in [4.78, 5) is 4.49. The van der Waals surface area contributed by atoms with Crippen LogP contribution in [0.5, 0.6) is 0 Å². The number of nitrogens with zero attached hydrogens (tertiary/aromatic N) is 4. The maximum atomic E-state index is 4.49. The zero-order chi connectivity index (χ0) is 14.7. The molecule has 110 valence electrons. The summed E-state index contributed by atoms with van der Waals surface area (Å²) in [7, 11) is 3.99. The molecule has 0 amide bonds. The molecular weight excluding hydrogens is 318 g/mol. The Bertz CT molecular complexity index is 572. The Morgan fingerprint density at radius 2 is 2.15 bits per heavy atom. The summed E-state index contributed by atoms with van der Waals surface area (Å²) >= 11 is 3.64. The zero-order valence-electron chi connectivity index (χ0n) is 12.5. The van der Waals surface area contributed by atoms with Crippen molar-refractivity contribution in [3.05, 3.63) is 34.1 Å². The molecule has 2 aromatic heterocycles. The van der Waals surface area contributed by atoms with Gasteiger partial charge in [0, 0.05) is 26.7 Å². The number of rotatable bonds is 6. The molecule has 0 saturated heterocycles. The van der Waals surface area contributed by atoms with Gasteiger partial charge in [0.25, 0.3) is 0 Å². The lowest BCUT2D eigenvalue weighted by Gasteiger charge is -2.17. The lowest BCUT2D eigenvalue weighted by Crippen LogP contribution is -2.25. The Kier molecular flexibility index (Phi) is 4.99. The van der Waals surface area contributed by atoms with Gasteiger partial charge in [-0.1, -0.05) is 6.92 Å². The van der Waals surface area contributed by atoms with Crippen LogP contribution in [0.2, 0.25) is 0 Å². The average Bonchev–Trinajstić information content (AvgIpc) is 2.93. The summed E-state index contributed by atoms with van der Waals surface area (Å²) in [5.41, 5.74) is 3.30. The van der Waals surface area contributed by atoms with Crippen molar-refractivity contribution < 1.29 is 0 Å². The fourth-order valence-corrected chi connectivity index (χ4v) is 2.81. The van der Waals surface area contributed by atoms with Gasteiger partial charge in [-0.2, -0.15) is 5.10 Å². The van der Waals surface area contributed by atoms with E-state index in [9.17, 15) is 0 Å². The number of aromatic nitrogens is 4. The minimum absolute atomic E-state index is 0.210. The van der Waals surface area contributed by atoms with E-state index in [2.05, 4.69) is 44.4 Å². The fourth-order valence-electron chi connectivity index (χ4n) is 2.31. The van der Waals surface area contributed by atoms with Crippen LogP contribution in [0.25, 0.3) is 0 Å². The molecule has 2 aromatic rings. The van der Waals surface area contributed by atoms with Crippen LogP contribution in [-0.4, -0.2) is 25.9 Å². The Balaban J connectivity index is 2.23. The van der Waals surface area contributed by atoms with Crippen molar-refractivity contribution in [3.8, 4) is 0 Å². The number of aryl methyl sites for hydroxylation is 3. The molecule has 6 heteroatoms. The second-order valence-corrected chi connectivity index (χ2v) is 5.94. The average molecular weight is 340 g/mol. The topological polar surface area (TPSA) is 47.7 Å². The van der Waals surface area contributed by atoms with E-state index in [0.29, 0.717) is 0 Å². The molecule has 1 N–H and O–H groups in total. The SMILES string of the molecule is CCCNC(Cc1c(Br)c(C)nn1C)c1cn(C)cn1. The third-order valence-electron chi connectivity index (χ3n) is 3.38. The molecule has 2 heterocycles. The highest BCUT2D eigenvalue weighted by molar-refractivity contribution is 9.10. The molecule has 0 aliphatic rings. The van der Waals surface area contributed by atoms with E-state index >= 15 is 0 Å². The fraction of sp³-hybridized carbons (Fsp3) is 0.571. The van der Waals surface area contributed by atoms with Crippen molar-refractivity contribution in [2.24, 2.45) is 14.1 Å². The van der Waals surface area contributed by atoms with Crippen LogP contribution < -0.4 is 5.32 Å². The molecule has 1 atom stereocenters. The Morgan fingerprint density at radius 3 is 2.65 bits per heavy atom. The van der Waals surface area contributed by atoms with Gasteiger partial charge in [-0.25, -0.2) is 4.98 Å². The zero-order valence-corrected chi connectivity index (χ0v) is 14.1. The summed E-state index contributed by atoms with van der Waals surface area (Å²) in [6.45, 7) is 5.17. The molecule has 20 heavy (non-hydrogen) atoms. The smallest absolute Gasteiger partial charge is 0.0947 e. The lowest BCUT2D eigenvalue weighted by molar-refractivity contribution is 0.502. The summed E-state index contributed by atoms with van der Waals surface area (Å²) in [6, 6.07) is 0.210. The first kappa shape index (κ1) is 15.3. The Morgan fingerprint density at radius 1 is 1.40 bits per heavy atom. The van der Waals surface area contributed by atoms with E-state index in [1.165, 1.54) is 5.69 Å². The van der Waals surface area contributed by atoms with Crippen molar-refractivity contribution in [1.82, 2.24) is 24.6 Å². The summed E-state index contributed by atoms with van der Waals surface area (Å²) in [5, 5.41) is 8.03. The molecule has 2 rings (SSSR count). The first-order valence-corrected chi connectivity index (χ1v) is 7.71. The maximum absolute atomic E-state index is 4.49. The van der Waals surface area contributed by atoms with E-state index < -0.39 is 0 Å². The number of hydrogen-bond donors (Lipinski definition) is 1. The van der Waals surface area contributed by atoms with Gasteiger partial charge in [0.15, 0.2) is 0 Å². The van der Waals surface area contributed by atoms with Gasteiger partial charge in [-0.05, 0) is 35.8 Å². The number of hydrogen-bond acceptors (Lipinski definition) is 3. The van der Waals surface area contributed by atoms with Crippen molar-refractivity contribution >= 4 is 15.9 Å². The van der Waals surface area contributed by atoms with Crippen LogP contribution in [0.1, 0.15) is 36.5 Å². The van der Waals surface area contributed by atoms with Gasteiger partial charge in [0.05, 0.1) is 33.9 Å². The number of halogens is 1. The third kappa shape index (κ3) is 3.30. The minimum Gasteiger partial charge on any atom is -0.340 e. The van der Waals surface area contributed by atoms with Crippen LogP contribution in [0.3, 0.4) is 0 Å². The predicted octanol–water partition coefficient (Wildman–Crippen LogP) is 2.51. The molecule has 0 radical (unpaired) electrons. The Labute approximate surface area is 128 Å². The molecular formula is C14H22BrN5. The normalized spacial score (nSPS) is 12.8. The van der Waals surface area contributed by atoms with Crippen molar-refractivity contribution in [2.45, 2.75) is 32.7 Å². The van der Waals surface area contributed by atoms with Crippen molar-refractivity contribution in [1.29, 1.82) is 0 Å². The summed E-state index contributed by atoms with van der Waals surface area (Å²) < 4.78 is 5.03. The van der Waals surface area contributed by atoms with Crippen LogP contribution >= 0.6 is 15.9 Å². The quantitative estimate of drug-likeness (QED) is 0.879. The second kappa shape index (κ2) is 6.54. The van der Waals surface area contributed by atoms with Crippen LogP contribution in [-0.2, 0) is 20.5 Å². The minimum atomic E-state index is 0.210. The molecule has 1 unspecified atom stereocenters. The van der Waals surface area contributed by atoms with Gasteiger partial charge in [0.2, 0.25) is 0 Å². The highest BCUT2D eigenvalue weighted by atomic mass is 79.9. The van der Waals surface area contributed by atoms with Gasteiger partial charge < -0.3 is 9.88 Å². The first-order valence-electron chi connectivity index (χ1n) is 6.92. The maximum Gasteiger partial charge on any atom is 0.0947 e. The van der Waals surface area contributed by atoms with E-state index in [4.69, 9.17) is 0 Å². The van der Waals surface area contributed by atoms with Crippen molar-refractivity contribution in [3.63, 3.8) is 0 Å². The van der Waals surface area contributed by atoms with E-state index in [1.54, 1.807) is 0 Å². The molecule has 0 aliphatic heterocycles. The van der Waals surface area contributed by atoms with E-state index in [0.717, 1.165) is 35.2 Å². The van der Waals surface area contributed by atoms with Crippen LogP contribution in [0.4, 0.5) is 0 Å². The van der Waals surface area contributed by atoms with E-state index in [1.807, 2.05) is 36.6 Å². The summed E-state index contributed by atoms with van der Waals surface area (Å²) in [5.74, 6) is 0. The van der Waals surface area contributed by atoms with E-state index in [-0.39, 0.29) is 6.04 Å². The largest absolute Gasteiger partial charge is 0.340 e. The van der Waals surface area contributed by atoms with Crippen LogP contribution in [0, 0.1) is 6.92 Å². The highest BCUT2D eigenvalue weighted by Crippen LogP contribution is 2.25.